The Bertz CT molecular complexity index is 444. The maximum absolute atomic E-state index is 12.1. The third kappa shape index (κ3) is 2.61. The molecule has 0 bridgehead atoms. The zero-order valence-corrected chi connectivity index (χ0v) is 10.5. The molecule has 0 radical (unpaired) electrons. The van der Waals surface area contributed by atoms with Gasteiger partial charge in [0.1, 0.15) is 6.04 Å². The van der Waals surface area contributed by atoms with E-state index in [1.165, 1.54) is 4.90 Å². The fourth-order valence-corrected chi connectivity index (χ4v) is 2.36. The van der Waals surface area contributed by atoms with Crippen molar-refractivity contribution in [2.75, 3.05) is 6.54 Å². The largest absolute Gasteiger partial charge is 0.327 e. The van der Waals surface area contributed by atoms with E-state index in [0.717, 1.165) is 6.42 Å². The second-order valence-corrected chi connectivity index (χ2v) is 4.78. The van der Waals surface area contributed by atoms with E-state index in [9.17, 15) is 9.59 Å². The van der Waals surface area contributed by atoms with Gasteiger partial charge >= 0.3 is 0 Å². The lowest BCUT2D eigenvalue weighted by atomic mass is 10.2. The highest BCUT2D eigenvalue weighted by Gasteiger charge is 2.33. The number of rotatable bonds is 2. The number of carbonyl (C=O) groups is 2. The quantitative estimate of drug-likeness (QED) is 0.776. The Balaban J connectivity index is 2.19. The van der Waals surface area contributed by atoms with Crippen LogP contribution in [-0.2, 0) is 4.79 Å². The van der Waals surface area contributed by atoms with Crippen LogP contribution >= 0.6 is 23.2 Å². The average molecular weight is 272 g/mol. The van der Waals surface area contributed by atoms with Crippen molar-refractivity contribution in [3.8, 4) is 0 Å². The maximum Gasteiger partial charge on any atom is 0.254 e. The van der Waals surface area contributed by atoms with Gasteiger partial charge in [0.15, 0.2) is 0 Å². The summed E-state index contributed by atoms with van der Waals surface area (Å²) < 4.78 is 0. The Morgan fingerprint density at radius 1 is 1.24 bits per heavy atom. The molecule has 1 aromatic carbocycles. The monoisotopic (exact) mass is 271 g/mol. The van der Waals surface area contributed by atoms with Gasteiger partial charge in [0.2, 0.25) is 5.24 Å². The lowest BCUT2D eigenvalue weighted by molar-refractivity contribution is -0.115. The number of halogens is 2. The molecule has 0 N–H and O–H groups in total. The van der Waals surface area contributed by atoms with E-state index >= 15 is 0 Å². The number of likely N-dealkylation sites (tertiary alicyclic amines) is 1. The average Bonchev–Trinajstić information content (AvgIpc) is 2.78. The molecule has 0 saturated carbocycles. The third-order valence-corrected chi connectivity index (χ3v) is 3.37. The summed E-state index contributed by atoms with van der Waals surface area (Å²) in [5.74, 6) is -0.168. The van der Waals surface area contributed by atoms with Gasteiger partial charge in [-0.05, 0) is 48.7 Å². The molecule has 17 heavy (non-hydrogen) atoms. The number of carbonyl (C=O) groups excluding carboxylic acids is 2. The summed E-state index contributed by atoms with van der Waals surface area (Å²) in [6, 6.07) is 6.13. The molecule has 1 fully saturated rings. The normalized spacial score (nSPS) is 19.4. The molecule has 1 atom stereocenters. The van der Waals surface area contributed by atoms with E-state index in [1.807, 2.05) is 0 Å². The van der Waals surface area contributed by atoms with Gasteiger partial charge in [-0.15, -0.1) is 0 Å². The minimum atomic E-state index is -0.486. The standard InChI is InChI=1S/C12H11Cl2NO2/c13-9-5-3-8(4-6-9)12(17)15-7-1-2-10(15)11(14)16/h3-6,10H,1-2,7H2. The minimum absolute atomic E-state index is 0.168. The van der Waals surface area contributed by atoms with Crippen molar-refractivity contribution in [2.45, 2.75) is 18.9 Å². The molecular formula is C12H11Cl2NO2. The first-order valence-corrected chi connectivity index (χ1v) is 6.11. The van der Waals surface area contributed by atoms with Gasteiger partial charge in [0, 0.05) is 17.1 Å². The molecule has 1 aliphatic rings. The van der Waals surface area contributed by atoms with E-state index in [-0.39, 0.29) is 5.91 Å². The summed E-state index contributed by atoms with van der Waals surface area (Å²) in [7, 11) is 0. The van der Waals surface area contributed by atoms with Crippen LogP contribution in [0, 0.1) is 0 Å². The molecular weight excluding hydrogens is 261 g/mol. The van der Waals surface area contributed by atoms with E-state index in [4.69, 9.17) is 23.2 Å². The summed E-state index contributed by atoms with van der Waals surface area (Å²) in [6.45, 7) is 0.574. The zero-order valence-electron chi connectivity index (χ0n) is 9.03. The molecule has 1 aliphatic heterocycles. The third-order valence-electron chi connectivity index (χ3n) is 2.87. The van der Waals surface area contributed by atoms with E-state index < -0.39 is 11.3 Å². The SMILES string of the molecule is O=C(Cl)C1CCCN1C(=O)c1ccc(Cl)cc1. The molecule has 1 amide bonds. The summed E-state index contributed by atoms with van der Waals surface area (Å²) in [6.07, 6.45) is 1.45. The number of hydrogen-bond donors (Lipinski definition) is 0. The van der Waals surface area contributed by atoms with Crippen molar-refractivity contribution in [2.24, 2.45) is 0 Å². The molecule has 0 aromatic heterocycles. The van der Waals surface area contributed by atoms with Crippen molar-refractivity contribution in [3.05, 3.63) is 34.9 Å². The van der Waals surface area contributed by atoms with Gasteiger partial charge in [-0.2, -0.15) is 0 Å². The maximum atomic E-state index is 12.1. The van der Waals surface area contributed by atoms with Crippen molar-refractivity contribution in [1.29, 1.82) is 0 Å². The van der Waals surface area contributed by atoms with Crippen LogP contribution in [0.5, 0.6) is 0 Å². The van der Waals surface area contributed by atoms with Crippen LogP contribution in [0.3, 0.4) is 0 Å². The molecule has 1 saturated heterocycles. The molecule has 0 aliphatic carbocycles. The molecule has 2 rings (SSSR count). The smallest absolute Gasteiger partial charge is 0.254 e. The summed E-state index contributed by atoms with van der Waals surface area (Å²) in [4.78, 5) is 24.9. The predicted molar refractivity (Wildman–Crippen MR) is 66.4 cm³/mol. The Hall–Kier alpha value is -1.06. The Morgan fingerprint density at radius 3 is 2.47 bits per heavy atom. The van der Waals surface area contributed by atoms with Gasteiger partial charge in [-0.1, -0.05) is 11.6 Å². The fourth-order valence-electron chi connectivity index (χ4n) is 2.00. The predicted octanol–water partition coefficient (Wildman–Crippen LogP) is 2.71. The highest BCUT2D eigenvalue weighted by Crippen LogP contribution is 2.22. The number of amides is 1. The fraction of sp³-hybridized carbons (Fsp3) is 0.333. The highest BCUT2D eigenvalue weighted by molar-refractivity contribution is 6.64. The molecule has 0 spiro atoms. The zero-order chi connectivity index (χ0) is 12.4. The second-order valence-electron chi connectivity index (χ2n) is 3.97. The first-order valence-electron chi connectivity index (χ1n) is 5.35. The van der Waals surface area contributed by atoms with E-state index in [0.29, 0.717) is 23.6 Å². The van der Waals surface area contributed by atoms with Crippen LogP contribution < -0.4 is 0 Å². The molecule has 1 aromatic rings. The molecule has 90 valence electrons. The van der Waals surface area contributed by atoms with Crippen LogP contribution in [-0.4, -0.2) is 28.6 Å². The number of hydrogen-bond acceptors (Lipinski definition) is 2. The van der Waals surface area contributed by atoms with Gasteiger partial charge in [0.05, 0.1) is 0 Å². The van der Waals surface area contributed by atoms with Crippen LogP contribution in [0.4, 0.5) is 0 Å². The minimum Gasteiger partial charge on any atom is -0.327 e. The summed E-state index contributed by atoms with van der Waals surface area (Å²) >= 11 is 11.2. The molecule has 3 nitrogen and oxygen atoms in total. The van der Waals surface area contributed by atoms with Crippen LogP contribution in [0.1, 0.15) is 23.2 Å². The molecule has 1 heterocycles. The Morgan fingerprint density at radius 2 is 1.88 bits per heavy atom. The van der Waals surface area contributed by atoms with E-state index in [1.54, 1.807) is 24.3 Å². The van der Waals surface area contributed by atoms with Crippen LogP contribution in [0.25, 0.3) is 0 Å². The first-order chi connectivity index (χ1) is 8.09. The van der Waals surface area contributed by atoms with Gasteiger partial charge in [-0.3, -0.25) is 9.59 Å². The number of nitrogens with zero attached hydrogens (tertiary/aromatic N) is 1. The van der Waals surface area contributed by atoms with Crippen LogP contribution in [0.2, 0.25) is 5.02 Å². The highest BCUT2D eigenvalue weighted by atomic mass is 35.5. The van der Waals surface area contributed by atoms with Gasteiger partial charge in [0.25, 0.3) is 5.91 Å². The molecule has 1 unspecified atom stereocenters. The van der Waals surface area contributed by atoms with Crippen molar-refractivity contribution >= 4 is 34.4 Å². The van der Waals surface area contributed by atoms with Crippen molar-refractivity contribution < 1.29 is 9.59 Å². The topological polar surface area (TPSA) is 37.4 Å². The van der Waals surface area contributed by atoms with Crippen molar-refractivity contribution in [3.63, 3.8) is 0 Å². The lowest BCUT2D eigenvalue weighted by Crippen LogP contribution is -2.38. The van der Waals surface area contributed by atoms with Crippen molar-refractivity contribution in [1.82, 2.24) is 4.90 Å². The summed E-state index contributed by atoms with van der Waals surface area (Å²) in [5.41, 5.74) is 0.527. The first kappa shape index (κ1) is 12.4. The lowest BCUT2D eigenvalue weighted by Gasteiger charge is -2.21. The van der Waals surface area contributed by atoms with Crippen LogP contribution in [0.15, 0.2) is 24.3 Å². The Labute approximate surface area is 109 Å². The second kappa shape index (κ2) is 5.07. The number of benzene rings is 1. The molecule has 5 heteroatoms. The Kier molecular flexibility index (Phi) is 3.69. The van der Waals surface area contributed by atoms with E-state index in [2.05, 4.69) is 0 Å². The summed E-state index contributed by atoms with van der Waals surface area (Å²) in [5, 5.41) is 0.109. The van der Waals surface area contributed by atoms with Gasteiger partial charge < -0.3 is 4.90 Å². The van der Waals surface area contributed by atoms with Gasteiger partial charge in [-0.25, -0.2) is 0 Å².